The molecule has 0 aromatic heterocycles. The van der Waals surface area contributed by atoms with Crippen LogP contribution in [-0.4, -0.2) is 23.8 Å². The molecule has 2 rings (SSSR count). The van der Waals surface area contributed by atoms with E-state index in [1.807, 2.05) is 19.9 Å². The van der Waals surface area contributed by atoms with Crippen molar-refractivity contribution in [2.24, 2.45) is 5.73 Å². The minimum atomic E-state index is -0.516. The SMILES string of the molecule is C[C@H](N)c1ccccc1N1CCCC(C)(O)CC1. The van der Waals surface area contributed by atoms with E-state index in [4.69, 9.17) is 5.73 Å². The van der Waals surface area contributed by atoms with Crippen molar-refractivity contribution in [1.82, 2.24) is 0 Å². The van der Waals surface area contributed by atoms with Crippen LogP contribution in [-0.2, 0) is 0 Å². The Labute approximate surface area is 110 Å². The van der Waals surface area contributed by atoms with Gasteiger partial charge in [0.15, 0.2) is 0 Å². The van der Waals surface area contributed by atoms with Gasteiger partial charge in [0.25, 0.3) is 0 Å². The quantitative estimate of drug-likeness (QED) is 0.845. The molecule has 0 bridgehead atoms. The summed E-state index contributed by atoms with van der Waals surface area (Å²) in [4.78, 5) is 2.36. The zero-order valence-corrected chi connectivity index (χ0v) is 11.4. The molecule has 3 N–H and O–H groups in total. The number of para-hydroxylation sites is 1. The van der Waals surface area contributed by atoms with Crippen LogP contribution in [0.3, 0.4) is 0 Å². The molecule has 0 saturated carbocycles. The van der Waals surface area contributed by atoms with Crippen LogP contribution in [0.1, 0.15) is 44.7 Å². The number of aliphatic hydroxyl groups is 1. The molecule has 0 amide bonds. The summed E-state index contributed by atoms with van der Waals surface area (Å²) < 4.78 is 0. The van der Waals surface area contributed by atoms with Gasteiger partial charge in [0.1, 0.15) is 0 Å². The van der Waals surface area contributed by atoms with E-state index in [1.165, 1.54) is 11.3 Å². The molecule has 0 aliphatic carbocycles. The van der Waals surface area contributed by atoms with Crippen molar-refractivity contribution >= 4 is 5.69 Å². The lowest BCUT2D eigenvalue weighted by Crippen LogP contribution is -2.29. The molecule has 1 unspecified atom stereocenters. The van der Waals surface area contributed by atoms with Crippen molar-refractivity contribution in [1.29, 1.82) is 0 Å². The molecule has 3 heteroatoms. The van der Waals surface area contributed by atoms with Crippen molar-refractivity contribution < 1.29 is 5.11 Å². The van der Waals surface area contributed by atoms with Crippen LogP contribution < -0.4 is 10.6 Å². The Kier molecular flexibility index (Phi) is 3.93. The van der Waals surface area contributed by atoms with Gasteiger partial charge in [-0.25, -0.2) is 0 Å². The van der Waals surface area contributed by atoms with Crippen molar-refractivity contribution in [2.45, 2.75) is 44.8 Å². The number of nitrogens with two attached hydrogens (primary N) is 1. The summed E-state index contributed by atoms with van der Waals surface area (Å²) in [5.74, 6) is 0. The van der Waals surface area contributed by atoms with E-state index in [0.717, 1.165) is 32.4 Å². The van der Waals surface area contributed by atoms with Crippen LogP contribution in [0, 0.1) is 0 Å². The molecule has 0 radical (unpaired) electrons. The Morgan fingerprint density at radius 1 is 1.28 bits per heavy atom. The van der Waals surface area contributed by atoms with Gasteiger partial charge >= 0.3 is 0 Å². The second-order valence-electron chi connectivity index (χ2n) is 5.69. The summed E-state index contributed by atoms with van der Waals surface area (Å²) in [5.41, 5.74) is 7.94. The van der Waals surface area contributed by atoms with Gasteiger partial charge in [-0.3, -0.25) is 0 Å². The normalized spacial score (nSPS) is 26.8. The molecule has 18 heavy (non-hydrogen) atoms. The lowest BCUT2D eigenvalue weighted by Gasteiger charge is -2.27. The van der Waals surface area contributed by atoms with E-state index in [0.29, 0.717) is 0 Å². The molecule has 1 heterocycles. The van der Waals surface area contributed by atoms with E-state index in [1.54, 1.807) is 0 Å². The van der Waals surface area contributed by atoms with E-state index in [-0.39, 0.29) is 6.04 Å². The molecule has 1 aromatic rings. The van der Waals surface area contributed by atoms with Crippen LogP contribution >= 0.6 is 0 Å². The Bertz CT molecular complexity index is 401. The molecule has 3 nitrogen and oxygen atoms in total. The summed E-state index contributed by atoms with van der Waals surface area (Å²) in [5, 5.41) is 10.1. The first kappa shape index (κ1) is 13.4. The van der Waals surface area contributed by atoms with Gasteiger partial charge in [-0.15, -0.1) is 0 Å². The molecule has 2 atom stereocenters. The smallest absolute Gasteiger partial charge is 0.0637 e. The minimum Gasteiger partial charge on any atom is -0.390 e. The lowest BCUT2D eigenvalue weighted by molar-refractivity contribution is 0.0481. The minimum absolute atomic E-state index is 0.0463. The fraction of sp³-hybridized carbons (Fsp3) is 0.600. The van der Waals surface area contributed by atoms with E-state index in [2.05, 4.69) is 23.1 Å². The zero-order chi connectivity index (χ0) is 13.2. The molecule has 1 fully saturated rings. The summed E-state index contributed by atoms with van der Waals surface area (Å²) >= 11 is 0. The molecular formula is C15H24N2O. The highest BCUT2D eigenvalue weighted by Crippen LogP contribution is 2.29. The number of anilines is 1. The average Bonchev–Trinajstić information content (AvgIpc) is 2.50. The average molecular weight is 248 g/mol. The van der Waals surface area contributed by atoms with E-state index >= 15 is 0 Å². The molecule has 100 valence electrons. The van der Waals surface area contributed by atoms with Crippen molar-refractivity contribution in [3.63, 3.8) is 0 Å². The standard InChI is InChI=1S/C15H24N2O/c1-12(16)13-6-3-4-7-14(13)17-10-5-8-15(2,18)9-11-17/h3-4,6-7,12,18H,5,8-11,16H2,1-2H3/t12-,15?/m0/s1. The first-order valence-electron chi connectivity index (χ1n) is 6.81. The number of benzene rings is 1. The third kappa shape index (κ3) is 3.03. The number of nitrogens with zero attached hydrogens (tertiary/aromatic N) is 1. The number of hydrogen-bond donors (Lipinski definition) is 2. The summed E-state index contributed by atoms with van der Waals surface area (Å²) in [6, 6.07) is 8.38. The van der Waals surface area contributed by atoms with Gasteiger partial charge in [-0.1, -0.05) is 18.2 Å². The molecule has 1 aromatic carbocycles. The van der Waals surface area contributed by atoms with Crippen molar-refractivity contribution in [3.05, 3.63) is 29.8 Å². The molecule has 1 aliphatic heterocycles. The first-order valence-corrected chi connectivity index (χ1v) is 6.81. The van der Waals surface area contributed by atoms with Gasteiger partial charge in [-0.2, -0.15) is 0 Å². The monoisotopic (exact) mass is 248 g/mol. The van der Waals surface area contributed by atoms with Crippen LogP contribution in [0.5, 0.6) is 0 Å². The summed E-state index contributed by atoms with van der Waals surface area (Å²) in [6.45, 7) is 5.86. The van der Waals surface area contributed by atoms with Crippen LogP contribution in [0.25, 0.3) is 0 Å². The molecule has 1 aliphatic rings. The number of hydrogen-bond acceptors (Lipinski definition) is 3. The van der Waals surface area contributed by atoms with Crippen molar-refractivity contribution in [3.8, 4) is 0 Å². The predicted molar refractivity (Wildman–Crippen MR) is 75.7 cm³/mol. The largest absolute Gasteiger partial charge is 0.390 e. The maximum Gasteiger partial charge on any atom is 0.0637 e. The fourth-order valence-corrected chi connectivity index (χ4v) is 2.66. The van der Waals surface area contributed by atoms with Gasteiger partial charge in [0.05, 0.1) is 5.60 Å². The first-order chi connectivity index (χ1) is 8.49. The molecular weight excluding hydrogens is 224 g/mol. The Morgan fingerprint density at radius 3 is 2.72 bits per heavy atom. The number of rotatable bonds is 2. The highest BCUT2D eigenvalue weighted by atomic mass is 16.3. The van der Waals surface area contributed by atoms with Crippen LogP contribution in [0.15, 0.2) is 24.3 Å². The zero-order valence-electron chi connectivity index (χ0n) is 11.4. The summed E-state index contributed by atoms with van der Waals surface area (Å²) in [7, 11) is 0. The fourth-order valence-electron chi connectivity index (χ4n) is 2.66. The Morgan fingerprint density at radius 2 is 2.00 bits per heavy atom. The second kappa shape index (κ2) is 5.29. The van der Waals surface area contributed by atoms with Crippen LogP contribution in [0.4, 0.5) is 5.69 Å². The maximum absolute atomic E-state index is 10.1. The second-order valence-corrected chi connectivity index (χ2v) is 5.69. The Hall–Kier alpha value is -1.06. The topological polar surface area (TPSA) is 49.5 Å². The third-order valence-corrected chi connectivity index (χ3v) is 3.83. The highest BCUT2D eigenvalue weighted by Gasteiger charge is 2.25. The van der Waals surface area contributed by atoms with E-state index in [9.17, 15) is 5.11 Å². The lowest BCUT2D eigenvalue weighted by atomic mass is 9.98. The van der Waals surface area contributed by atoms with Crippen molar-refractivity contribution in [2.75, 3.05) is 18.0 Å². The van der Waals surface area contributed by atoms with Gasteiger partial charge < -0.3 is 15.7 Å². The molecule has 0 spiro atoms. The van der Waals surface area contributed by atoms with Crippen LogP contribution in [0.2, 0.25) is 0 Å². The van der Waals surface area contributed by atoms with E-state index < -0.39 is 5.60 Å². The summed E-state index contributed by atoms with van der Waals surface area (Å²) in [6.07, 6.45) is 2.73. The predicted octanol–water partition coefficient (Wildman–Crippen LogP) is 2.45. The Balaban J connectivity index is 2.21. The van der Waals surface area contributed by atoms with Gasteiger partial charge in [0, 0.05) is 24.8 Å². The highest BCUT2D eigenvalue weighted by molar-refractivity contribution is 5.55. The molecule has 1 saturated heterocycles. The van der Waals surface area contributed by atoms with Gasteiger partial charge in [0.2, 0.25) is 0 Å². The van der Waals surface area contributed by atoms with Gasteiger partial charge in [-0.05, 0) is 44.7 Å². The third-order valence-electron chi connectivity index (χ3n) is 3.83. The maximum atomic E-state index is 10.1.